The number of anilines is 1. The van der Waals surface area contributed by atoms with E-state index in [1.165, 1.54) is 0 Å². The van der Waals surface area contributed by atoms with E-state index in [0.29, 0.717) is 19.7 Å². The van der Waals surface area contributed by atoms with Crippen LogP contribution in [0.2, 0.25) is 0 Å². The fraction of sp³-hybridized carbons (Fsp3) is 0.500. The summed E-state index contributed by atoms with van der Waals surface area (Å²) < 4.78 is 7.66. The molecule has 1 amide bonds. The second-order valence-electron chi connectivity index (χ2n) is 7.89. The van der Waals surface area contributed by atoms with Crippen molar-refractivity contribution in [2.45, 2.75) is 39.2 Å². The first-order valence-electron chi connectivity index (χ1n) is 10.5. The molecule has 1 fully saturated rings. The molecule has 0 aliphatic carbocycles. The molecule has 0 saturated carbocycles. The van der Waals surface area contributed by atoms with Crippen molar-refractivity contribution >= 4 is 28.4 Å². The molecule has 1 unspecified atom stereocenters. The summed E-state index contributed by atoms with van der Waals surface area (Å²) in [4.78, 5) is 24.2. The number of nitrogens with zero attached hydrogens (tertiary/aromatic N) is 4. The normalized spacial score (nSPS) is 17.3. The Labute approximate surface area is 171 Å². The highest BCUT2D eigenvalue weighted by Crippen LogP contribution is 2.28. The van der Waals surface area contributed by atoms with Gasteiger partial charge in [0.1, 0.15) is 0 Å². The predicted molar refractivity (Wildman–Crippen MR) is 114 cm³/mol. The predicted octanol–water partition coefficient (Wildman–Crippen LogP) is 3.03. The van der Waals surface area contributed by atoms with Gasteiger partial charge < -0.3 is 19.4 Å². The molecule has 0 bridgehead atoms. The highest BCUT2D eigenvalue weighted by Gasteiger charge is 2.27. The molecule has 154 valence electrons. The van der Waals surface area contributed by atoms with E-state index in [1.54, 1.807) is 6.20 Å². The Balaban J connectivity index is 1.45. The van der Waals surface area contributed by atoms with Crippen molar-refractivity contribution < 1.29 is 9.53 Å². The molecule has 1 N–H and O–H groups in total. The number of hydrogen-bond acceptors (Lipinski definition) is 5. The number of fused-ring (bicyclic) bond motifs is 3. The summed E-state index contributed by atoms with van der Waals surface area (Å²) in [6.45, 7) is 6.96. The van der Waals surface area contributed by atoms with E-state index in [-0.39, 0.29) is 17.9 Å². The number of carbonyl (C=O) groups excluding carboxylic acids is 1. The van der Waals surface area contributed by atoms with E-state index in [0.717, 1.165) is 48.3 Å². The van der Waals surface area contributed by atoms with Crippen molar-refractivity contribution in [2.24, 2.45) is 5.92 Å². The van der Waals surface area contributed by atoms with Gasteiger partial charge in [-0.3, -0.25) is 4.79 Å². The molecule has 3 aromatic heterocycles. The minimum atomic E-state index is -0.0222. The van der Waals surface area contributed by atoms with E-state index in [2.05, 4.69) is 25.7 Å². The van der Waals surface area contributed by atoms with E-state index >= 15 is 0 Å². The largest absolute Gasteiger partial charge is 0.379 e. The molecule has 1 aliphatic heterocycles. The number of hydrogen-bond donors (Lipinski definition) is 1. The van der Waals surface area contributed by atoms with Crippen LogP contribution in [0.25, 0.3) is 16.7 Å². The first kappa shape index (κ1) is 19.6. The lowest BCUT2D eigenvalue weighted by Gasteiger charge is -2.33. The monoisotopic (exact) mass is 395 g/mol. The summed E-state index contributed by atoms with van der Waals surface area (Å²) in [5.74, 6) is 1.01. The molecular weight excluding hydrogens is 366 g/mol. The molecule has 1 saturated heterocycles. The van der Waals surface area contributed by atoms with Gasteiger partial charge in [-0.2, -0.15) is 0 Å². The Kier molecular flexibility index (Phi) is 5.94. The highest BCUT2D eigenvalue weighted by molar-refractivity contribution is 5.84. The van der Waals surface area contributed by atoms with Crippen molar-refractivity contribution in [3.8, 4) is 0 Å². The van der Waals surface area contributed by atoms with Crippen LogP contribution < -0.4 is 10.2 Å². The topological polar surface area (TPSA) is 71.8 Å². The van der Waals surface area contributed by atoms with Gasteiger partial charge in [-0.1, -0.05) is 0 Å². The van der Waals surface area contributed by atoms with E-state index < -0.39 is 0 Å². The third-order valence-electron chi connectivity index (χ3n) is 5.38. The van der Waals surface area contributed by atoms with Gasteiger partial charge in [0, 0.05) is 38.6 Å². The molecule has 7 heteroatoms. The lowest BCUT2D eigenvalue weighted by molar-refractivity contribution is -0.125. The van der Waals surface area contributed by atoms with Gasteiger partial charge in [0.15, 0.2) is 11.5 Å². The average Bonchev–Trinajstić information content (AvgIpc) is 3.23. The third-order valence-corrected chi connectivity index (χ3v) is 5.38. The van der Waals surface area contributed by atoms with E-state index in [1.807, 2.05) is 38.2 Å². The van der Waals surface area contributed by atoms with Crippen molar-refractivity contribution in [3.63, 3.8) is 0 Å². The van der Waals surface area contributed by atoms with Crippen LogP contribution in [0.1, 0.15) is 33.1 Å². The third kappa shape index (κ3) is 4.34. The maximum Gasteiger partial charge on any atom is 0.224 e. The van der Waals surface area contributed by atoms with Gasteiger partial charge in [-0.25, -0.2) is 9.97 Å². The molecule has 1 atom stereocenters. The van der Waals surface area contributed by atoms with E-state index in [9.17, 15) is 4.79 Å². The van der Waals surface area contributed by atoms with Gasteiger partial charge in [0.25, 0.3) is 0 Å². The van der Waals surface area contributed by atoms with Gasteiger partial charge in [0.2, 0.25) is 5.91 Å². The maximum atomic E-state index is 12.7. The average molecular weight is 396 g/mol. The van der Waals surface area contributed by atoms with Crippen LogP contribution in [0.3, 0.4) is 0 Å². The Bertz CT molecular complexity index is 984. The minimum Gasteiger partial charge on any atom is -0.379 e. The molecule has 1 aliphatic rings. The summed E-state index contributed by atoms with van der Waals surface area (Å²) >= 11 is 0. The Morgan fingerprint density at radius 3 is 3.03 bits per heavy atom. The Morgan fingerprint density at radius 2 is 2.17 bits per heavy atom. The van der Waals surface area contributed by atoms with Crippen LogP contribution in [-0.4, -0.2) is 52.6 Å². The quantitative estimate of drug-likeness (QED) is 0.623. The molecule has 29 heavy (non-hydrogen) atoms. The number of nitrogens with one attached hydrogen (secondary N) is 1. The van der Waals surface area contributed by atoms with Gasteiger partial charge in [-0.05, 0) is 57.4 Å². The molecule has 0 radical (unpaired) electrons. The van der Waals surface area contributed by atoms with Crippen molar-refractivity contribution in [3.05, 3.63) is 36.7 Å². The molecule has 3 aromatic rings. The summed E-state index contributed by atoms with van der Waals surface area (Å²) in [6, 6.07) is 8.06. The van der Waals surface area contributed by atoms with Crippen molar-refractivity contribution in [1.82, 2.24) is 19.7 Å². The van der Waals surface area contributed by atoms with Gasteiger partial charge >= 0.3 is 0 Å². The number of aromatic nitrogens is 3. The lowest BCUT2D eigenvalue weighted by Crippen LogP contribution is -2.43. The minimum absolute atomic E-state index is 0.0222. The lowest BCUT2D eigenvalue weighted by atomic mass is 9.97. The SMILES string of the molecule is CC(C)OCCCNC(=O)C1CCCN(c2nc3ncccc3n3cccc23)C1. The molecule has 4 heterocycles. The van der Waals surface area contributed by atoms with Crippen molar-refractivity contribution in [1.29, 1.82) is 0 Å². The Morgan fingerprint density at radius 1 is 1.31 bits per heavy atom. The standard InChI is InChI=1S/C22H29N5O2/c1-16(2)29-14-6-11-24-22(28)17-7-4-12-26(15-17)21-19-9-5-13-27(19)18-8-3-10-23-20(18)25-21/h3,5,8-10,13,16-17H,4,6-7,11-12,14-15H2,1-2H3,(H,24,28). The summed E-state index contributed by atoms with van der Waals surface area (Å²) in [5.41, 5.74) is 2.77. The van der Waals surface area contributed by atoms with Crippen LogP contribution in [0.15, 0.2) is 36.7 Å². The van der Waals surface area contributed by atoms with Crippen LogP contribution in [0.4, 0.5) is 5.82 Å². The summed E-state index contributed by atoms with van der Waals surface area (Å²) in [7, 11) is 0. The van der Waals surface area contributed by atoms with E-state index in [4.69, 9.17) is 9.72 Å². The summed E-state index contributed by atoms with van der Waals surface area (Å²) in [6.07, 6.45) is 6.76. The molecule has 0 spiro atoms. The van der Waals surface area contributed by atoms with Crippen LogP contribution in [-0.2, 0) is 9.53 Å². The highest BCUT2D eigenvalue weighted by atomic mass is 16.5. The second kappa shape index (κ2) is 8.78. The zero-order valence-electron chi connectivity index (χ0n) is 17.2. The Hall–Kier alpha value is -2.67. The maximum absolute atomic E-state index is 12.7. The van der Waals surface area contributed by atoms with Gasteiger partial charge in [-0.15, -0.1) is 0 Å². The smallest absolute Gasteiger partial charge is 0.224 e. The zero-order valence-corrected chi connectivity index (χ0v) is 17.2. The molecule has 0 aromatic carbocycles. The summed E-state index contributed by atoms with van der Waals surface area (Å²) in [5, 5.41) is 3.08. The fourth-order valence-corrected chi connectivity index (χ4v) is 3.96. The number of rotatable bonds is 7. The van der Waals surface area contributed by atoms with Crippen molar-refractivity contribution in [2.75, 3.05) is 31.1 Å². The second-order valence-corrected chi connectivity index (χ2v) is 7.89. The number of amides is 1. The van der Waals surface area contributed by atoms with Crippen LogP contribution in [0, 0.1) is 5.92 Å². The van der Waals surface area contributed by atoms with Crippen LogP contribution >= 0.6 is 0 Å². The number of carbonyl (C=O) groups is 1. The number of piperidine rings is 1. The first-order chi connectivity index (χ1) is 14.1. The van der Waals surface area contributed by atoms with Crippen LogP contribution in [0.5, 0.6) is 0 Å². The molecule has 7 nitrogen and oxygen atoms in total. The number of ether oxygens (including phenoxy) is 1. The fourth-order valence-electron chi connectivity index (χ4n) is 3.96. The molecular formula is C22H29N5O2. The zero-order chi connectivity index (χ0) is 20.2. The first-order valence-corrected chi connectivity index (χ1v) is 10.5. The molecule has 4 rings (SSSR count). The van der Waals surface area contributed by atoms with Gasteiger partial charge in [0.05, 0.1) is 23.1 Å². The number of pyridine rings is 1.